The molecular weight excluding hydrogens is 378 g/mol. The van der Waals surface area contributed by atoms with E-state index in [9.17, 15) is 9.90 Å². The van der Waals surface area contributed by atoms with E-state index >= 15 is 0 Å². The first kappa shape index (κ1) is 15.1. The van der Waals surface area contributed by atoms with E-state index in [-0.39, 0.29) is 0 Å². The van der Waals surface area contributed by atoms with Gasteiger partial charge in [-0.1, -0.05) is 13.3 Å². The lowest BCUT2D eigenvalue weighted by molar-refractivity contribution is -0.150. The predicted molar refractivity (Wildman–Crippen MR) is 79.0 cm³/mol. The van der Waals surface area contributed by atoms with E-state index in [0.717, 1.165) is 36.0 Å². The highest BCUT2D eigenvalue weighted by Gasteiger charge is 2.46. The molecule has 1 atom stereocenters. The third kappa shape index (κ3) is 2.90. The standard InChI is InChI=1S/C13H17Br2NO3/c1-2-4-13(12(17)18)5-3-6-16(13)8-9-7-10(14)11(15)19-9/h7H,2-6,8H2,1H3,(H,17,18). The molecule has 1 unspecified atom stereocenters. The molecule has 19 heavy (non-hydrogen) atoms. The fourth-order valence-corrected chi connectivity index (χ4v) is 3.53. The van der Waals surface area contributed by atoms with Gasteiger partial charge in [0.1, 0.15) is 11.3 Å². The molecule has 0 aromatic carbocycles. The highest BCUT2D eigenvalue weighted by atomic mass is 79.9. The molecule has 4 nitrogen and oxygen atoms in total. The van der Waals surface area contributed by atoms with Crippen molar-refractivity contribution in [3.63, 3.8) is 0 Å². The Kier molecular flexibility index (Phi) is 4.74. The van der Waals surface area contributed by atoms with Gasteiger partial charge in [-0.25, -0.2) is 0 Å². The summed E-state index contributed by atoms with van der Waals surface area (Å²) in [4.78, 5) is 13.7. The largest absolute Gasteiger partial charge is 0.480 e. The number of likely N-dealkylation sites (tertiary alicyclic amines) is 1. The minimum atomic E-state index is -0.722. The van der Waals surface area contributed by atoms with Gasteiger partial charge in [0.15, 0.2) is 4.67 Å². The minimum absolute atomic E-state index is 0.538. The molecule has 1 aromatic heterocycles. The quantitative estimate of drug-likeness (QED) is 0.819. The lowest BCUT2D eigenvalue weighted by Crippen LogP contribution is -2.49. The van der Waals surface area contributed by atoms with Crippen LogP contribution < -0.4 is 0 Å². The zero-order chi connectivity index (χ0) is 14.0. The van der Waals surface area contributed by atoms with E-state index in [1.807, 2.05) is 17.9 Å². The van der Waals surface area contributed by atoms with E-state index in [2.05, 4.69) is 31.9 Å². The van der Waals surface area contributed by atoms with E-state index in [0.29, 0.717) is 17.6 Å². The van der Waals surface area contributed by atoms with Gasteiger partial charge < -0.3 is 9.52 Å². The smallest absolute Gasteiger partial charge is 0.324 e. The Hall–Kier alpha value is -0.330. The zero-order valence-electron chi connectivity index (χ0n) is 10.8. The van der Waals surface area contributed by atoms with Gasteiger partial charge in [0.05, 0.1) is 11.0 Å². The van der Waals surface area contributed by atoms with E-state index in [1.165, 1.54) is 0 Å². The van der Waals surface area contributed by atoms with Crippen LogP contribution in [0.5, 0.6) is 0 Å². The second-order valence-corrected chi connectivity index (χ2v) is 6.52. The number of hydrogen-bond acceptors (Lipinski definition) is 3. The number of furan rings is 1. The molecule has 1 N–H and O–H groups in total. The van der Waals surface area contributed by atoms with E-state index in [1.54, 1.807) is 0 Å². The number of carboxylic acid groups (broad SMARTS) is 1. The first-order valence-corrected chi connectivity index (χ1v) is 8.00. The van der Waals surface area contributed by atoms with Gasteiger partial charge in [-0.3, -0.25) is 9.69 Å². The molecule has 0 aliphatic carbocycles. The van der Waals surface area contributed by atoms with Crippen molar-refractivity contribution in [1.29, 1.82) is 0 Å². The molecule has 0 spiro atoms. The van der Waals surface area contributed by atoms with Gasteiger partial charge >= 0.3 is 5.97 Å². The third-order valence-corrected chi connectivity index (χ3v) is 5.44. The van der Waals surface area contributed by atoms with Crippen LogP contribution >= 0.6 is 31.9 Å². The zero-order valence-corrected chi connectivity index (χ0v) is 14.0. The maximum Gasteiger partial charge on any atom is 0.324 e. The Labute approximate surface area is 129 Å². The molecular formula is C13H17Br2NO3. The average molecular weight is 395 g/mol. The molecule has 1 aromatic rings. The number of hydrogen-bond donors (Lipinski definition) is 1. The molecule has 1 fully saturated rings. The van der Waals surface area contributed by atoms with Gasteiger partial charge in [-0.05, 0) is 63.7 Å². The van der Waals surface area contributed by atoms with Crippen LogP contribution in [0.15, 0.2) is 19.6 Å². The van der Waals surface area contributed by atoms with E-state index in [4.69, 9.17) is 4.42 Å². The highest BCUT2D eigenvalue weighted by Crippen LogP contribution is 2.36. The van der Waals surface area contributed by atoms with Crippen molar-refractivity contribution >= 4 is 37.8 Å². The topological polar surface area (TPSA) is 53.7 Å². The molecule has 6 heteroatoms. The van der Waals surface area contributed by atoms with E-state index < -0.39 is 11.5 Å². The number of halogens is 2. The van der Waals surface area contributed by atoms with Crippen molar-refractivity contribution < 1.29 is 14.3 Å². The summed E-state index contributed by atoms with van der Waals surface area (Å²) < 4.78 is 7.07. The molecule has 2 heterocycles. The van der Waals surface area contributed by atoms with Crippen LogP contribution in [0.2, 0.25) is 0 Å². The van der Waals surface area contributed by atoms with Crippen LogP contribution in [0.25, 0.3) is 0 Å². The molecule has 0 amide bonds. The summed E-state index contributed by atoms with van der Waals surface area (Å²) in [6.45, 7) is 3.37. The summed E-state index contributed by atoms with van der Waals surface area (Å²) >= 11 is 6.68. The van der Waals surface area contributed by atoms with Crippen LogP contribution in [0.4, 0.5) is 0 Å². The summed E-state index contributed by atoms with van der Waals surface area (Å²) in [6, 6.07) is 1.89. The molecule has 106 valence electrons. The predicted octanol–water partition coefficient (Wildman–Crippen LogP) is 4.02. The number of rotatable bonds is 5. The fraction of sp³-hybridized carbons (Fsp3) is 0.615. The molecule has 1 aliphatic rings. The van der Waals surface area contributed by atoms with Crippen molar-refractivity contribution in [2.75, 3.05) is 6.54 Å². The van der Waals surface area contributed by atoms with Crippen LogP contribution in [0.3, 0.4) is 0 Å². The normalized spacial score (nSPS) is 23.9. The first-order chi connectivity index (χ1) is 8.99. The van der Waals surface area contributed by atoms with Crippen molar-refractivity contribution in [3.8, 4) is 0 Å². The maximum atomic E-state index is 11.7. The van der Waals surface area contributed by atoms with Crippen molar-refractivity contribution in [1.82, 2.24) is 4.90 Å². The van der Waals surface area contributed by atoms with Gasteiger partial charge in [0, 0.05) is 0 Å². The maximum absolute atomic E-state index is 11.7. The molecule has 1 aliphatic heterocycles. The Morgan fingerprint density at radius 3 is 2.84 bits per heavy atom. The van der Waals surface area contributed by atoms with Crippen LogP contribution in [0.1, 0.15) is 38.4 Å². The summed E-state index contributed by atoms with van der Waals surface area (Å²) in [5.41, 5.74) is -0.722. The number of carboxylic acids is 1. The van der Waals surface area contributed by atoms with Crippen LogP contribution in [-0.2, 0) is 11.3 Å². The van der Waals surface area contributed by atoms with Crippen molar-refractivity contribution in [2.45, 2.75) is 44.7 Å². The van der Waals surface area contributed by atoms with Gasteiger partial charge in [-0.2, -0.15) is 0 Å². The molecule has 2 rings (SSSR count). The molecule has 1 saturated heterocycles. The second-order valence-electron chi connectivity index (χ2n) is 4.95. The Balaban J connectivity index is 2.20. The van der Waals surface area contributed by atoms with Crippen molar-refractivity contribution in [3.05, 3.63) is 21.0 Å². The Bertz CT molecular complexity index is 455. The lowest BCUT2D eigenvalue weighted by Gasteiger charge is -2.34. The monoisotopic (exact) mass is 393 g/mol. The van der Waals surface area contributed by atoms with Crippen molar-refractivity contribution in [2.24, 2.45) is 0 Å². The lowest BCUT2D eigenvalue weighted by atomic mass is 9.90. The number of aliphatic carboxylic acids is 1. The number of nitrogens with zero attached hydrogens (tertiary/aromatic N) is 1. The SMILES string of the molecule is CCCC1(C(=O)O)CCCN1Cc1cc(Br)c(Br)o1. The van der Waals surface area contributed by atoms with Crippen LogP contribution in [-0.4, -0.2) is 28.1 Å². The summed E-state index contributed by atoms with van der Waals surface area (Å²) in [5.74, 6) is 0.0684. The third-order valence-electron chi connectivity index (χ3n) is 3.73. The number of carbonyl (C=O) groups is 1. The summed E-state index contributed by atoms with van der Waals surface area (Å²) in [5, 5.41) is 9.61. The van der Waals surface area contributed by atoms with Gasteiger partial charge in [-0.15, -0.1) is 0 Å². The van der Waals surface area contributed by atoms with Gasteiger partial charge in [0.2, 0.25) is 0 Å². The Morgan fingerprint density at radius 1 is 1.58 bits per heavy atom. The minimum Gasteiger partial charge on any atom is -0.480 e. The molecule has 0 saturated carbocycles. The fourth-order valence-electron chi connectivity index (χ4n) is 2.87. The highest BCUT2D eigenvalue weighted by molar-refractivity contribution is 9.13. The molecule has 0 bridgehead atoms. The summed E-state index contributed by atoms with van der Waals surface area (Å²) in [7, 11) is 0. The summed E-state index contributed by atoms with van der Waals surface area (Å²) in [6.07, 6.45) is 3.20. The van der Waals surface area contributed by atoms with Gasteiger partial charge in [0.25, 0.3) is 0 Å². The Morgan fingerprint density at radius 2 is 2.32 bits per heavy atom. The van der Waals surface area contributed by atoms with Crippen LogP contribution in [0, 0.1) is 0 Å². The first-order valence-electron chi connectivity index (χ1n) is 6.42. The second kappa shape index (κ2) is 5.97. The average Bonchev–Trinajstić information content (AvgIpc) is 2.86. The molecule has 0 radical (unpaired) electrons.